The largest absolute Gasteiger partial charge is 0.467 e. The number of benzene rings is 1. The Morgan fingerprint density at radius 2 is 2.33 bits per heavy atom. The van der Waals surface area contributed by atoms with Crippen molar-refractivity contribution >= 4 is 23.1 Å². The number of H-pyrrole nitrogens is 1. The Balaban J connectivity index is 2.23. The summed E-state index contributed by atoms with van der Waals surface area (Å²) in [6.07, 6.45) is 0.673. The molecule has 0 radical (unpaired) electrons. The van der Waals surface area contributed by atoms with Crippen molar-refractivity contribution in [1.82, 2.24) is 4.98 Å². The number of nitrogens with one attached hydrogen (secondary N) is 1. The minimum absolute atomic E-state index is 0.385. The molecule has 4 nitrogen and oxygen atoms in total. The first-order valence-electron chi connectivity index (χ1n) is 4.72. The summed E-state index contributed by atoms with van der Waals surface area (Å²) >= 11 is 0. The van der Waals surface area contributed by atoms with Gasteiger partial charge in [0, 0.05) is 28.7 Å². The zero-order valence-electron chi connectivity index (χ0n) is 8.19. The molecule has 0 fully saturated rings. The molecule has 0 aliphatic rings. The van der Waals surface area contributed by atoms with E-state index in [9.17, 15) is 4.79 Å². The SMILES string of the molecule is Nc1cccc2[nH]c(CCOC=O)cc12. The Morgan fingerprint density at radius 1 is 1.47 bits per heavy atom. The molecule has 0 spiro atoms. The topological polar surface area (TPSA) is 68.1 Å². The molecule has 0 unspecified atom stereocenters. The molecule has 0 saturated carbocycles. The normalized spacial score (nSPS) is 10.4. The van der Waals surface area contributed by atoms with Gasteiger partial charge in [0.2, 0.25) is 0 Å². The molecule has 4 heteroatoms. The maximum atomic E-state index is 9.97. The maximum Gasteiger partial charge on any atom is 0.293 e. The van der Waals surface area contributed by atoms with Gasteiger partial charge in [-0.2, -0.15) is 0 Å². The van der Waals surface area contributed by atoms with Crippen LogP contribution in [0.25, 0.3) is 10.9 Å². The molecule has 15 heavy (non-hydrogen) atoms. The number of ether oxygens (including phenoxy) is 1. The van der Waals surface area contributed by atoms with Gasteiger partial charge in [-0.3, -0.25) is 4.79 Å². The molecule has 1 aromatic heterocycles. The van der Waals surface area contributed by atoms with Crippen LogP contribution in [0.2, 0.25) is 0 Å². The Hall–Kier alpha value is -1.97. The molecule has 0 aliphatic carbocycles. The number of hydrogen-bond donors (Lipinski definition) is 2. The molecule has 0 amide bonds. The number of nitrogen functional groups attached to an aromatic ring is 1. The highest BCUT2D eigenvalue weighted by atomic mass is 16.5. The van der Waals surface area contributed by atoms with Crippen molar-refractivity contribution in [3.63, 3.8) is 0 Å². The molecule has 0 saturated heterocycles. The number of rotatable bonds is 4. The first kappa shape index (κ1) is 9.58. The standard InChI is InChI=1S/C11H12N2O2/c12-10-2-1-3-11-9(10)6-8(13-11)4-5-15-7-14/h1-3,6-7,13H,4-5,12H2. The molecule has 0 bridgehead atoms. The molecule has 2 rings (SSSR count). The van der Waals surface area contributed by atoms with Crippen molar-refractivity contribution in [2.45, 2.75) is 6.42 Å². The van der Waals surface area contributed by atoms with Crippen LogP contribution in [-0.4, -0.2) is 18.1 Å². The van der Waals surface area contributed by atoms with E-state index >= 15 is 0 Å². The lowest BCUT2D eigenvalue weighted by Gasteiger charge is -1.94. The molecule has 0 atom stereocenters. The highest BCUT2D eigenvalue weighted by Crippen LogP contribution is 2.21. The third-order valence-corrected chi connectivity index (χ3v) is 2.31. The third kappa shape index (κ3) is 1.93. The first-order valence-corrected chi connectivity index (χ1v) is 4.72. The van der Waals surface area contributed by atoms with E-state index in [0.717, 1.165) is 22.3 Å². The highest BCUT2D eigenvalue weighted by molar-refractivity contribution is 5.91. The van der Waals surface area contributed by atoms with Crippen molar-refractivity contribution < 1.29 is 9.53 Å². The van der Waals surface area contributed by atoms with Gasteiger partial charge in [0.05, 0.1) is 6.61 Å². The van der Waals surface area contributed by atoms with Crippen molar-refractivity contribution in [3.8, 4) is 0 Å². The molecule has 1 aromatic carbocycles. The van der Waals surface area contributed by atoms with E-state index in [0.29, 0.717) is 19.5 Å². The molecule has 3 N–H and O–H groups in total. The Morgan fingerprint density at radius 3 is 3.07 bits per heavy atom. The van der Waals surface area contributed by atoms with Crippen LogP contribution in [0.3, 0.4) is 0 Å². The second-order valence-corrected chi connectivity index (χ2v) is 3.32. The fourth-order valence-corrected chi connectivity index (χ4v) is 1.59. The van der Waals surface area contributed by atoms with Crippen molar-refractivity contribution in [1.29, 1.82) is 0 Å². The predicted octanol–water partition coefficient (Wildman–Crippen LogP) is 1.47. The van der Waals surface area contributed by atoms with Crippen molar-refractivity contribution in [2.75, 3.05) is 12.3 Å². The van der Waals surface area contributed by atoms with Crippen LogP contribution in [-0.2, 0) is 16.0 Å². The van der Waals surface area contributed by atoms with Crippen molar-refractivity contribution in [3.05, 3.63) is 30.0 Å². The summed E-state index contributed by atoms with van der Waals surface area (Å²) in [5.74, 6) is 0. The summed E-state index contributed by atoms with van der Waals surface area (Å²) in [5, 5.41) is 1.01. The van der Waals surface area contributed by atoms with Gasteiger partial charge in [-0.1, -0.05) is 6.07 Å². The van der Waals surface area contributed by atoms with Crippen LogP contribution in [0, 0.1) is 0 Å². The van der Waals surface area contributed by atoms with E-state index < -0.39 is 0 Å². The van der Waals surface area contributed by atoms with Gasteiger partial charge in [-0.05, 0) is 18.2 Å². The smallest absolute Gasteiger partial charge is 0.293 e. The van der Waals surface area contributed by atoms with Gasteiger partial charge in [-0.15, -0.1) is 0 Å². The van der Waals surface area contributed by atoms with Gasteiger partial charge in [0.1, 0.15) is 0 Å². The van der Waals surface area contributed by atoms with Crippen LogP contribution in [0.5, 0.6) is 0 Å². The van der Waals surface area contributed by atoms with Gasteiger partial charge in [-0.25, -0.2) is 0 Å². The number of nitrogens with two attached hydrogens (primary N) is 1. The Labute approximate surface area is 87.0 Å². The fraction of sp³-hybridized carbons (Fsp3) is 0.182. The number of carbonyl (C=O) groups excluding carboxylic acids is 1. The molecule has 2 aromatic rings. The monoisotopic (exact) mass is 204 g/mol. The summed E-state index contributed by atoms with van der Waals surface area (Å²) in [5.41, 5.74) is 8.60. The molecule has 78 valence electrons. The zero-order chi connectivity index (χ0) is 10.7. The Kier molecular flexibility index (Phi) is 2.58. The maximum absolute atomic E-state index is 9.97. The van der Waals surface area contributed by atoms with Gasteiger partial charge in [0.25, 0.3) is 6.47 Å². The van der Waals surface area contributed by atoms with E-state index in [1.54, 1.807) is 0 Å². The van der Waals surface area contributed by atoms with Crippen molar-refractivity contribution in [2.24, 2.45) is 0 Å². The summed E-state index contributed by atoms with van der Waals surface area (Å²) in [4.78, 5) is 13.2. The molecular formula is C11H12N2O2. The molecular weight excluding hydrogens is 192 g/mol. The second kappa shape index (κ2) is 4.04. The third-order valence-electron chi connectivity index (χ3n) is 2.31. The second-order valence-electron chi connectivity index (χ2n) is 3.32. The lowest BCUT2D eigenvalue weighted by molar-refractivity contribution is -0.128. The number of fused-ring (bicyclic) bond motifs is 1. The lowest BCUT2D eigenvalue weighted by Crippen LogP contribution is -1.96. The number of anilines is 1. The molecule has 0 aliphatic heterocycles. The number of aromatic nitrogens is 1. The minimum Gasteiger partial charge on any atom is -0.467 e. The highest BCUT2D eigenvalue weighted by Gasteiger charge is 2.02. The summed E-state index contributed by atoms with van der Waals surface area (Å²) in [7, 11) is 0. The van der Waals surface area contributed by atoms with Gasteiger partial charge >= 0.3 is 0 Å². The number of hydrogen-bond acceptors (Lipinski definition) is 3. The molecule has 1 heterocycles. The lowest BCUT2D eigenvalue weighted by atomic mass is 10.2. The van der Waals surface area contributed by atoms with Gasteiger partial charge in [0.15, 0.2) is 0 Å². The minimum atomic E-state index is 0.385. The van der Waals surface area contributed by atoms with E-state index in [1.165, 1.54) is 0 Å². The summed E-state index contributed by atoms with van der Waals surface area (Å²) in [6, 6.07) is 7.72. The van der Waals surface area contributed by atoms with E-state index in [1.807, 2.05) is 24.3 Å². The van der Waals surface area contributed by atoms with E-state index in [-0.39, 0.29) is 0 Å². The van der Waals surface area contributed by atoms with Crippen LogP contribution < -0.4 is 5.73 Å². The van der Waals surface area contributed by atoms with Crippen LogP contribution in [0.15, 0.2) is 24.3 Å². The zero-order valence-corrected chi connectivity index (χ0v) is 8.19. The average molecular weight is 204 g/mol. The summed E-state index contributed by atoms with van der Waals surface area (Å²) < 4.78 is 4.63. The Bertz CT molecular complexity index is 476. The quantitative estimate of drug-likeness (QED) is 0.450. The van der Waals surface area contributed by atoms with E-state index in [2.05, 4.69) is 9.72 Å². The fourth-order valence-electron chi connectivity index (χ4n) is 1.59. The van der Waals surface area contributed by atoms with Crippen LogP contribution >= 0.6 is 0 Å². The summed E-state index contributed by atoms with van der Waals surface area (Å²) in [6.45, 7) is 0.841. The first-order chi connectivity index (χ1) is 7.31. The number of aromatic amines is 1. The van der Waals surface area contributed by atoms with Crippen LogP contribution in [0.4, 0.5) is 5.69 Å². The van der Waals surface area contributed by atoms with Gasteiger partial charge < -0.3 is 15.5 Å². The van der Waals surface area contributed by atoms with E-state index in [4.69, 9.17) is 5.73 Å². The number of carbonyl (C=O) groups is 1. The average Bonchev–Trinajstić information content (AvgIpc) is 2.63. The van der Waals surface area contributed by atoms with Crippen LogP contribution in [0.1, 0.15) is 5.69 Å². The predicted molar refractivity (Wildman–Crippen MR) is 58.4 cm³/mol.